The second kappa shape index (κ2) is 7.32. The number of carbonyl (C=O) groups is 1. The third-order valence-corrected chi connectivity index (χ3v) is 5.01. The summed E-state index contributed by atoms with van der Waals surface area (Å²) in [5.74, 6) is 1.08. The van der Waals surface area contributed by atoms with Crippen LogP contribution in [0.15, 0.2) is 53.1 Å². The zero-order valence-corrected chi connectivity index (χ0v) is 15.5. The lowest BCUT2D eigenvalue weighted by Gasteiger charge is -2.34. The van der Waals surface area contributed by atoms with E-state index in [1.54, 1.807) is 7.05 Å². The number of hydrogen-bond donors (Lipinski definition) is 1. The molecule has 1 aromatic heterocycles. The van der Waals surface area contributed by atoms with Gasteiger partial charge < -0.3 is 9.84 Å². The van der Waals surface area contributed by atoms with Crippen molar-refractivity contribution in [2.75, 3.05) is 7.05 Å². The predicted octanol–water partition coefficient (Wildman–Crippen LogP) is 2.72. The third-order valence-electron chi connectivity index (χ3n) is 5.01. The van der Waals surface area contributed by atoms with Crippen LogP contribution in [0.3, 0.4) is 0 Å². The fourth-order valence-electron chi connectivity index (χ4n) is 3.48. The fraction of sp³-hybridized carbons (Fsp3) is 0.286. The van der Waals surface area contributed by atoms with Crippen LogP contribution in [0, 0.1) is 6.92 Å². The van der Waals surface area contributed by atoms with Crippen molar-refractivity contribution in [2.45, 2.75) is 32.5 Å². The minimum Gasteiger partial charge on any atom is -0.358 e. The summed E-state index contributed by atoms with van der Waals surface area (Å²) in [7, 11) is 1.67. The minimum atomic E-state index is -0.250. The smallest absolute Gasteiger partial charge is 0.241 e. The molecule has 2 aromatic carbocycles. The van der Waals surface area contributed by atoms with Crippen molar-refractivity contribution in [3.8, 4) is 11.4 Å². The van der Waals surface area contributed by atoms with Crippen LogP contribution in [0.1, 0.15) is 22.6 Å². The number of hydrogen-bond acceptors (Lipinski definition) is 5. The molecule has 1 N–H and O–H groups in total. The van der Waals surface area contributed by atoms with Gasteiger partial charge in [0.2, 0.25) is 17.6 Å². The molecular formula is C21H22N4O2. The van der Waals surface area contributed by atoms with Gasteiger partial charge >= 0.3 is 0 Å². The molecule has 0 aliphatic carbocycles. The van der Waals surface area contributed by atoms with Gasteiger partial charge in [0.05, 0.1) is 12.6 Å². The van der Waals surface area contributed by atoms with Crippen molar-refractivity contribution in [2.24, 2.45) is 0 Å². The van der Waals surface area contributed by atoms with E-state index < -0.39 is 0 Å². The highest BCUT2D eigenvalue weighted by atomic mass is 16.5. The Kier molecular flexibility index (Phi) is 4.73. The Labute approximate surface area is 158 Å². The molecule has 2 heterocycles. The molecule has 6 nitrogen and oxygen atoms in total. The van der Waals surface area contributed by atoms with Gasteiger partial charge in [-0.15, -0.1) is 0 Å². The van der Waals surface area contributed by atoms with Gasteiger partial charge in [-0.2, -0.15) is 4.98 Å². The summed E-state index contributed by atoms with van der Waals surface area (Å²) in [4.78, 5) is 19.0. The molecule has 4 rings (SSSR count). The lowest BCUT2D eigenvalue weighted by atomic mass is 9.93. The number of fused-ring (bicyclic) bond motifs is 1. The van der Waals surface area contributed by atoms with Crippen molar-refractivity contribution >= 4 is 5.91 Å². The molecule has 27 heavy (non-hydrogen) atoms. The standard InChI is InChI=1S/C21H22N4O2/c1-14-7-9-15(10-8-14)20-23-19(27-24-20)13-25-12-17-6-4-3-5-16(17)11-18(25)21(26)22-2/h3-10,18H,11-13H2,1-2H3,(H,22,26)/t18-/m0/s1. The first kappa shape index (κ1) is 17.4. The van der Waals surface area contributed by atoms with Gasteiger partial charge in [0, 0.05) is 19.2 Å². The summed E-state index contributed by atoms with van der Waals surface area (Å²) in [6, 6.07) is 16.0. The summed E-state index contributed by atoms with van der Waals surface area (Å²) >= 11 is 0. The molecule has 0 saturated carbocycles. The molecule has 1 aliphatic rings. The zero-order chi connectivity index (χ0) is 18.8. The van der Waals surface area contributed by atoms with Gasteiger partial charge in [-0.3, -0.25) is 9.69 Å². The Morgan fingerprint density at radius 1 is 1.19 bits per heavy atom. The molecule has 0 radical (unpaired) electrons. The first-order chi connectivity index (χ1) is 13.1. The molecule has 6 heteroatoms. The number of rotatable bonds is 4. The monoisotopic (exact) mass is 362 g/mol. The second-order valence-corrected chi connectivity index (χ2v) is 6.89. The number of benzene rings is 2. The Hall–Kier alpha value is -2.99. The molecule has 3 aromatic rings. The average Bonchev–Trinajstić information content (AvgIpc) is 3.16. The van der Waals surface area contributed by atoms with E-state index in [4.69, 9.17) is 4.52 Å². The number of aromatic nitrogens is 2. The van der Waals surface area contributed by atoms with E-state index in [1.807, 2.05) is 43.3 Å². The van der Waals surface area contributed by atoms with Gasteiger partial charge in [-0.1, -0.05) is 59.3 Å². The quantitative estimate of drug-likeness (QED) is 0.773. The zero-order valence-electron chi connectivity index (χ0n) is 15.5. The van der Waals surface area contributed by atoms with Gasteiger partial charge in [0.1, 0.15) is 0 Å². The summed E-state index contributed by atoms with van der Waals surface area (Å²) in [5, 5.41) is 6.87. The van der Waals surface area contributed by atoms with Gasteiger partial charge in [-0.25, -0.2) is 0 Å². The maximum absolute atomic E-state index is 12.4. The van der Waals surface area contributed by atoms with Gasteiger partial charge in [0.15, 0.2) is 0 Å². The Bertz CT molecular complexity index is 949. The van der Waals surface area contributed by atoms with Crippen LogP contribution >= 0.6 is 0 Å². The average molecular weight is 362 g/mol. The second-order valence-electron chi connectivity index (χ2n) is 6.89. The molecule has 0 saturated heterocycles. The van der Waals surface area contributed by atoms with Crippen LogP contribution in [0.2, 0.25) is 0 Å². The summed E-state index contributed by atoms with van der Waals surface area (Å²) in [5.41, 5.74) is 4.55. The maximum atomic E-state index is 12.4. The maximum Gasteiger partial charge on any atom is 0.241 e. The number of carbonyl (C=O) groups excluding carboxylic acids is 1. The molecule has 1 aliphatic heterocycles. The van der Waals surface area contributed by atoms with Gasteiger partial charge in [-0.05, 0) is 24.5 Å². The largest absolute Gasteiger partial charge is 0.358 e. The lowest BCUT2D eigenvalue weighted by molar-refractivity contribution is -0.126. The minimum absolute atomic E-state index is 0.00257. The fourth-order valence-corrected chi connectivity index (χ4v) is 3.48. The van der Waals surface area contributed by atoms with E-state index in [1.165, 1.54) is 16.7 Å². The van der Waals surface area contributed by atoms with Crippen molar-refractivity contribution in [1.82, 2.24) is 20.4 Å². The number of nitrogens with one attached hydrogen (secondary N) is 1. The first-order valence-corrected chi connectivity index (χ1v) is 9.06. The van der Waals surface area contributed by atoms with E-state index in [-0.39, 0.29) is 11.9 Å². The van der Waals surface area contributed by atoms with Crippen LogP contribution in [0.4, 0.5) is 0 Å². The Balaban J connectivity index is 1.57. The number of aryl methyl sites for hydroxylation is 1. The van der Waals surface area contributed by atoms with Gasteiger partial charge in [0.25, 0.3) is 0 Å². The van der Waals surface area contributed by atoms with Crippen molar-refractivity contribution < 1.29 is 9.32 Å². The van der Waals surface area contributed by atoms with Crippen LogP contribution in [-0.2, 0) is 24.3 Å². The molecule has 0 bridgehead atoms. The van der Waals surface area contributed by atoms with Crippen molar-refractivity contribution in [3.05, 3.63) is 71.1 Å². The highest BCUT2D eigenvalue weighted by Crippen LogP contribution is 2.25. The molecule has 0 spiro atoms. The molecule has 138 valence electrons. The summed E-state index contributed by atoms with van der Waals surface area (Å²) in [6.07, 6.45) is 0.675. The number of likely N-dealkylation sites (N-methyl/N-ethyl adjacent to an activating group) is 1. The van der Waals surface area contributed by atoms with E-state index in [0.29, 0.717) is 31.2 Å². The van der Waals surface area contributed by atoms with Crippen LogP contribution < -0.4 is 5.32 Å². The van der Waals surface area contributed by atoms with E-state index in [9.17, 15) is 4.79 Å². The SMILES string of the molecule is CNC(=O)[C@@H]1Cc2ccccc2CN1Cc1nc(-c2ccc(C)cc2)no1. The molecular weight excluding hydrogens is 340 g/mol. The molecule has 1 amide bonds. The van der Waals surface area contributed by atoms with Crippen molar-refractivity contribution in [3.63, 3.8) is 0 Å². The normalized spacial score (nSPS) is 16.7. The summed E-state index contributed by atoms with van der Waals surface area (Å²) in [6.45, 7) is 3.15. The molecule has 0 fully saturated rings. The topological polar surface area (TPSA) is 71.3 Å². The predicted molar refractivity (Wildman–Crippen MR) is 102 cm³/mol. The Morgan fingerprint density at radius 2 is 1.93 bits per heavy atom. The van der Waals surface area contributed by atoms with Crippen LogP contribution in [0.25, 0.3) is 11.4 Å². The highest BCUT2D eigenvalue weighted by Gasteiger charge is 2.32. The van der Waals surface area contributed by atoms with E-state index in [0.717, 1.165) is 5.56 Å². The molecule has 1 atom stereocenters. The van der Waals surface area contributed by atoms with E-state index in [2.05, 4.69) is 32.5 Å². The number of amides is 1. The number of nitrogens with zero attached hydrogens (tertiary/aromatic N) is 3. The first-order valence-electron chi connectivity index (χ1n) is 9.06. The third kappa shape index (κ3) is 3.61. The summed E-state index contributed by atoms with van der Waals surface area (Å²) < 4.78 is 5.47. The lowest BCUT2D eigenvalue weighted by Crippen LogP contribution is -2.49. The van der Waals surface area contributed by atoms with E-state index >= 15 is 0 Å². The van der Waals surface area contributed by atoms with Crippen LogP contribution in [0.5, 0.6) is 0 Å². The van der Waals surface area contributed by atoms with Crippen molar-refractivity contribution in [1.29, 1.82) is 0 Å². The highest BCUT2D eigenvalue weighted by molar-refractivity contribution is 5.82. The Morgan fingerprint density at radius 3 is 2.67 bits per heavy atom. The molecule has 0 unspecified atom stereocenters. The van der Waals surface area contributed by atoms with Crippen LogP contribution in [-0.4, -0.2) is 34.0 Å².